The van der Waals surface area contributed by atoms with Crippen LogP contribution in [0.2, 0.25) is 0 Å². The Morgan fingerprint density at radius 1 is 1.17 bits per heavy atom. The summed E-state index contributed by atoms with van der Waals surface area (Å²) in [5.41, 5.74) is 8.36. The first-order chi connectivity index (χ1) is 14.5. The van der Waals surface area contributed by atoms with E-state index in [0.717, 1.165) is 18.4 Å². The van der Waals surface area contributed by atoms with Crippen LogP contribution < -0.4 is 11.1 Å². The molecule has 1 aliphatic rings. The number of nitrogens with one attached hydrogen (secondary N) is 1. The third kappa shape index (κ3) is 4.24. The van der Waals surface area contributed by atoms with E-state index < -0.39 is 0 Å². The lowest BCUT2D eigenvalue weighted by molar-refractivity contribution is 0.0827. The molecular weight excluding hydrogens is 382 g/mol. The van der Waals surface area contributed by atoms with Crippen molar-refractivity contribution in [1.82, 2.24) is 25.1 Å². The summed E-state index contributed by atoms with van der Waals surface area (Å²) in [5, 5.41) is 11.5. The van der Waals surface area contributed by atoms with E-state index in [1.807, 2.05) is 12.1 Å². The van der Waals surface area contributed by atoms with Gasteiger partial charge in [0.2, 0.25) is 0 Å². The molecular formula is C21H31N7O2. The molecule has 2 aromatic heterocycles. The lowest BCUT2D eigenvalue weighted by Crippen LogP contribution is -2.22. The van der Waals surface area contributed by atoms with Crippen LogP contribution in [-0.4, -0.2) is 51.1 Å². The van der Waals surface area contributed by atoms with Gasteiger partial charge in [0.1, 0.15) is 0 Å². The van der Waals surface area contributed by atoms with Crippen molar-refractivity contribution in [2.45, 2.75) is 38.1 Å². The van der Waals surface area contributed by atoms with Crippen LogP contribution in [0, 0.1) is 0 Å². The number of rotatable bonds is 5. The van der Waals surface area contributed by atoms with E-state index in [-0.39, 0.29) is 21.9 Å². The number of carbonyl (C=O) groups is 1. The molecule has 162 valence electrons. The first kappa shape index (κ1) is 19.8. The Balaban J connectivity index is 0.00000181. The molecule has 0 unspecified atom stereocenters. The first-order valence-electron chi connectivity index (χ1n) is 10.1. The monoisotopic (exact) mass is 413 g/mol. The summed E-state index contributed by atoms with van der Waals surface area (Å²) in [6, 6.07) is 7.89. The summed E-state index contributed by atoms with van der Waals surface area (Å²) in [7, 11) is 3.44. The van der Waals surface area contributed by atoms with Crippen LogP contribution in [0.25, 0.3) is 22.8 Å². The number of benzene rings is 1. The number of aromatic nitrogens is 4. The van der Waals surface area contributed by atoms with E-state index in [0.29, 0.717) is 29.0 Å². The highest BCUT2D eigenvalue weighted by Gasteiger charge is 2.19. The second-order valence-corrected chi connectivity index (χ2v) is 7.66. The molecule has 0 spiro atoms. The summed E-state index contributed by atoms with van der Waals surface area (Å²) >= 11 is 0. The molecule has 30 heavy (non-hydrogen) atoms. The zero-order valence-corrected chi connectivity index (χ0v) is 17.1. The number of anilines is 2. The van der Waals surface area contributed by atoms with E-state index in [1.54, 1.807) is 32.4 Å². The molecule has 9 heteroatoms. The van der Waals surface area contributed by atoms with E-state index in [2.05, 4.69) is 25.5 Å². The van der Waals surface area contributed by atoms with Gasteiger partial charge in [-0.05, 0) is 25.0 Å². The minimum Gasteiger partial charge on any atom is -0.402 e. The molecule has 4 rings (SSSR count). The van der Waals surface area contributed by atoms with Crippen molar-refractivity contribution in [1.29, 1.82) is 0 Å². The fourth-order valence-electron chi connectivity index (χ4n) is 3.54. The predicted octanol–water partition coefficient (Wildman–Crippen LogP) is 3.96. The van der Waals surface area contributed by atoms with Crippen molar-refractivity contribution < 1.29 is 13.5 Å². The van der Waals surface area contributed by atoms with Gasteiger partial charge in [-0.3, -0.25) is 4.79 Å². The zero-order valence-electron chi connectivity index (χ0n) is 17.1. The first-order valence-corrected chi connectivity index (χ1v) is 10.1. The van der Waals surface area contributed by atoms with Crippen LogP contribution in [0.5, 0.6) is 0 Å². The van der Waals surface area contributed by atoms with Gasteiger partial charge in [-0.25, -0.2) is 9.97 Å². The Morgan fingerprint density at radius 3 is 2.60 bits per heavy atom. The number of amides is 1. The maximum Gasteiger partial charge on any atom is 0.316 e. The highest BCUT2D eigenvalue weighted by molar-refractivity contribution is 5.94. The topological polar surface area (TPSA) is 123 Å². The normalized spacial score (nSPS) is 14.5. The van der Waals surface area contributed by atoms with Crippen molar-refractivity contribution in [2.75, 3.05) is 25.1 Å². The number of hydrogen-bond donors (Lipinski definition) is 2. The molecule has 3 aromatic rings. The van der Waals surface area contributed by atoms with Crippen molar-refractivity contribution in [3.8, 4) is 22.8 Å². The van der Waals surface area contributed by atoms with Crippen molar-refractivity contribution in [3.05, 3.63) is 36.0 Å². The fraction of sp³-hybridized carbons (Fsp3) is 0.381. The van der Waals surface area contributed by atoms with Crippen molar-refractivity contribution in [2.24, 2.45) is 0 Å². The highest BCUT2D eigenvalue weighted by atomic mass is 16.4. The second-order valence-electron chi connectivity index (χ2n) is 7.66. The van der Waals surface area contributed by atoms with Gasteiger partial charge in [0, 0.05) is 35.5 Å². The Labute approximate surface area is 179 Å². The number of carbonyl (C=O) groups excluding carboxylic acids is 1. The molecule has 0 bridgehead atoms. The summed E-state index contributed by atoms with van der Waals surface area (Å²) in [5.74, 6) is 0.375. The number of hydrogen-bond acceptors (Lipinski definition) is 8. The van der Waals surface area contributed by atoms with Gasteiger partial charge in [-0.2, -0.15) is 0 Å². The summed E-state index contributed by atoms with van der Waals surface area (Å²) in [6.45, 7) is 0. The zero-order chi connectivity index (χ0) is 21.1. The van der Waals surface area contributed by atoms with E-state index in [1.165, 1.54) is 24.2 Å². The third-order valence-corrected chi connectivity index (χ3v) is 5.19. The van der Waals surface area contributed by atoms with Gasteiger partial charge in [0.15, 0.2) is 11.5 Å². The Kier molecular flexibility index (Phi) is 5.60. The molecule has 3 N–H and O–H groups in total. The Hall–Kier alpha value is -3.49. The minimum absolute atomic E-state index is 0. The molecule has 9 nitrogen and oxygen atoms in total. The van der Waals surface area contributed by atoms with E-state index in [9.17, 15) is 4.79 Å². The van der Waals surface area contributed by atoms with Crippen LogP contribution in [0.1, 0.15) is 46.7 Å². The van der Waals surface area contributed by atoms with E-state index in [4.69, 9.17) is 10.2 Å². The molecule has 0 saturated heterocycles. The molecule has 1 aliphatic carbocycles. The maximum absolute atomic E-state index is 12.1. The predicted molar refractivity (Wildman–Crippen MR) is 120 cm³/mol. The molecule has 2 heterocycles. The number of nitrogen functional groups attached to an aromatic ring is 1. The quantitative estimate of drug-likeness (QED) is 0.644. The lowest BCUT2D eigenvalue weighted by atomic mass is 9.96. The van der Waals surface area contributed by atoms with Crippen LogP contribution in [0.15, 0.2) is 34.9 Å². The SMILES string of the molecule is CN(C)C(=O)c1ccc(-c2cnc(N)c(-c3nnc(NC4CCCCC4)o3)n2)cc1.[HH].[HH].[HH]. The minimum atomic E-state index is -0.0607. The number of nitrogens with two attached hydrogens (primary N) is 1. The van der Waals surface area contributed by atoms with Gasteiger partial charge < -0.3 is 20.4 Å². The van der Waals surface area contributed by atoms with Gasteiger partial charge in [0.05, 0.1) is 11.9 Å². The Bertz CT molecular complexity index is 1040. The third-order valence-electron chi connectivity index (χ3n) is 5.19. The van der Waals surface area contributed by atoms with Gasteiger partial charge in [0.25, 0.3) is 11.8 Å². The largest absolute Gasteiger partial charge is 0.402 e. The van der Waals surface area contributed by atoms with E-state index >= 15 is 0 Å². The van der Waals surface area contributed by atoms with Gasteiger partial charge in [-0.15, -0.1) is 5.10 Å². The smallest absolute Gasteiger partial charge is 0.316 e. The standard InChI is InChI=1S/C21H25N7O2.3H2/c1-28(2)20(29)14-10-8-13(9-11-14)16-12-23-18(22)17(25-16)19-26-27-21(30-19)24-15-6-4-3-5-7-15;;;/h8-12,15H,3-7H2,1-2H3,(H2,22,23)(H,24,27);3*1H. The van der Waals surface area contributed by atoms with Crippen LogP contribution in [0.4, 0.5) is 11.8 Å². The van der Waals surface area contributed by atoms with Gasteiger partial charge in [-0.1, -0.05) is 36.5 Å². The highest BCUT2D eigenvalue weighted by Crippen LogP contribution is 2.27. The summed E-state index contributed by atoms with van der Waals surface area (Å²) in [6.07, 6.45) is 7.47. The molecule has 1 amide bonds. The average molecular weight is 414 g/mol. The molecule has 1 aromatic carbocycles. The van der Waals surface area contributed by atoms with Gasteiger partial charge >= 0.3 is 6.01 Å². The average Bonchev–Trinajstić information content (AvgIpc) is 3.22. The Morgan fingerprint density at radius 2 is 1.90 bits per heavy atom. The summed E-state index contributed by atoms with van der Waals surface area (Å²) < 4.78 is 5.76. The van der Waals surface area contributed by atoms with Crippen LogP contribution in [-0.2, 0) is 0 Å². The molecule has 0 radical (unpaired) electrons. The lowest BCUT2D eigenvalue weighted by Gasteiger charge is -2.21. The van der Waals surface area contributed by atoms with Crippen LogP contribution in [0.3, 0.4) is 0 Å². The molecule has 1 saturated carbocycles. The second kappa shape index (κ2) is 8.48. The molecule has 0 aliphatic heterocycles. The summed E-state index contributed by atoms with van der Waals surface area (Å²) in [4.78, 5) is 22.4. The molecule has 0 atom stereocenters. The number of nitrogens with zero attached hydrogens (tertiary/aromatic N) is 5. The molecule has 1 fully saturated rings. The van der Waals surface area contributed by atoms with Crippen LogP contribution >= 0.6 is 0 Å². The fourth-order valence-corrected chi connectivity index (χ4v) is 3.54. The van der Waals surface area contributed by atoms with Crippen molar-refractivity contribution >= 4 is 17.7 Å². The maximum atomic E-state index is 12.1. The van der Waals surface area contributed by atoms with Crippen molar-refractivity contribution in [3.63, 3.8) is 0 Å².